The molecule has 0 bridgehead atoms. The Morgan fingerprint density at radius 1 is 1.50 bits per heavy atom. The maximum absolute atomic E-state index is 5.77. The highest BCUT2D eigenvalue weighted by Gasteiger charge is 1.99. The van der Waals surface area contributed by atoms with E-state index in [1.54, 1.807) is 18.0 Å². The van der Waals surface area contributed by atoms with Gasteiger partial charge in [-0.15, -0.1) is 11.8 Å². The summed E-state index contributed by atoms with van der Waals surface area (Å²) in [5.41, 5.74) is 0. The third-order valence-electron chi connectivity index (χ3n) is 2.27. The molecule has 0 amide bonds. The number of thioether (sulfide) groups is 1. The summed E-state index contributed by atoms with van der Waals surface area (Å²) in [7, 11) is 0. The van der Waals surface area contributed by atoms with E-state index < -0.39 is 0 Å². The van der Waals surface area contributed by atoms with Crippen LogP contribution in [0, 0.1) is 0 Å². The van der Waals surface area contributed by atoms with E-state index in [9.17, 15) is 0 Å². The molecule has 0 fully saturated rings. The lowest BCUT2D eigenvalue weighted by atomic mass is 10.2. The Balaban J connectivity index is 2.13. The van der Waals surface area contributed by atoms with Crippen LogP contribution in [-0.4, -0.2) is 23.3 Å². The van der Waals surface area contributed by atoms with E-state index in [2.05, 4.69) is 24.1 Å². The molecule has 90 valence electrons. The molecule has 1 heterocycles. The van der Waals surface area contributed by atoms with E-state index in [4.69, 9.17) is 11.6 Å². The van der Waals surface area contributed by atoms with Gasteiger partial charge >= 0.3 is 0 Å². The summed E-state index contributed by atoms with van der Waals surface area (Å²) < 4.78 is 0. The molecule has 2 nitrogen and oxygen atoms in total. The Morgan fingerprint density at radius 3 is 2.94 bits per heavy atom. The minimum atomic E-state index is 0.615. The number of aromatic nitrogens is 1. The zero-order valence-corrected chi connectivity index (χ0v) is 11.4. The molecular weight excluding hydrogens is 240 g/mol. The lowest BCUT2D eigenvalue weighted by Crippen LogP contribution is -2.27. The second-order valence-electron chi connectivity index (χ2n) is 3.81. The van der Waals surface area contributed by atoms with Crippen molar-refractivity contribution in [2.45, 2.75) is 37.8 Å². The van der Waals surface area contributed by atoms with Gasteiger partial charge in [0.15, 0.2) is 0 Å². The monoisotopic (exact) mass is 258 g/mol. The van der Waals surface area contributed by atoms with Crippen molar-refractivity contribution in [2.75, 3.05) is 12.3 Å². The minimum absolute atomic E-state index is 0.615. The number of nitrogens with one attached hydrogen (secondary N) is 1. The maximum atomic E-state index is 5.77. The molecular formula is C12H19ClN2S. The lowest BCUT2D eigenvalue weighted by molar-refractivity contribution is 0.526. The number of hydrogen-bond acceptors (Lipinski definition) is 3. The van der Waals surface area contributed by atoms with Gasteiger partial charge in [-0.2, -0.15) is 0 Å². The van der Waals surface area contributed by atoms with Gasteiger partial charge in [-0.3, -0.25) is 0 Å². The van der Waals surface area contributed by atoms with Crippen LogP contribution in [0.1, 0.15) is 26.7 Å². The Bertz CT molecular complexity index is 290. The zero-order chi connectivity index (χ0) is 11.8. The van der Waals surface area contributed by atoms with Gasteiger partial charge in [0.05, 0.1) is 10.0 Å². The van der Waals surface area contributed by atoms with Gasteiger partial charge in [0, 0.05) is 24.5 Å². The molecule has 0 saturated heterocycles. The third-order valence-corrected chi connectivity index (χ3v) is 3.44. The summed E-state index contributed by atoms with van der Waals surface area (Å²) in [4.78, 5) is 4.23. The van der Waals surface area contributed by atoms with E-state index in [0.29, 0.717) is 11.1 Å². The number of pyridine rings is 1. The van der Waals surface area contributed by atoms with Crippen molar-refractivity contribution in [3.63, 3.8) is 0 Å². The van der Waals surface area contributed by atoms with Gasteiger partial charge in [0.25, 0.3) is 0 Å². The smallest absolute Gasteiger partial charge is 0.0961 e. The van der Waals surface area contributed by atoms with Crippen molar-refractivity contribution in [3.8, 4) is 0 Å². The molecule has 1 atom stereocenters. The molecule has 0 radical (unpaired) electrons. The summed E-state index contributed by atoms with van der Waals surface area (Å²) >= 11 is 7.52. The van der Waals surface area contributed by atoms with E-state index in [-0.39, 0.29) is 0 Å². The molecule has 0 aliphatic carbocycles. The molecule has 1 aromatic heterocycles. The Kier molecular flexibility index (Phi) is 6.85. The van der Waals surface area contributed by atoms with Gasteiger partial charge < -0.3 is 5.32 Å². The highest BCUT2D eigenvalue weighted by atomic mass is 35.5. The molecule has 1 N–H and O–H groups in total. The molecule has 0 aliphatic rings. The average Bonchev–Trinajstić information content (AvgIpc) is 2.27. The first-order chi connectivity index (χ1) is 7.72. The number of nitrogens with zero attached hydrogens (tertiary/aromatic N) is 1. The quantitative estimate of drug-likeness (QED) is 0.598. The first-order valence-corrected chi connectivity index (χ1v) is 7.06. The fourth-order valence-corrected chi connectivity index (χ4v) is 2.28. The van der Waals surface area contributed by atoms with Crippen molar-refractivity contribution in [3.05, 3.63) is 23.4 Å². The van der Waals surface area contributed by atoms with Crippen molar-refractivity contribution in [2.24, 2.45) is 0 Å². The highest BCUT2D eigenvalue weighted by Crippen LogP contribution is 2.16. The van der Waals surface area contributed by atoms with E-state index >= 15 is 0 Å². The average molecular weight is 259 g/mol. The molecule has 16 heavy (non-hydrogen) atoms. The molecule has 0 spiro atoms. The third kappa shape index (κ3) is 5.73. The van der Waals surface area contributed by atoms with Crippen LogP contribution in [0.3, 0.4) is 0 Å². The van der Waals surface area contributed by atoms with Gasteiger partial charge in [0.2, 0.25) is 0 Å². The van der Waals surface area contributed by atoms with E-state index in [1.807, 2.05) is 12.1 Å². The van der Waals surface area contributed by atoms with Crippen LogP contribution in [0.4, 0.5) is 0 Å². The van der Waals surface area contributed by atoms with E-state index in [0.717, 1.165) is 17.3 Å². The van der Waals surface area contributed by atoms with Crippen LogP contribution in [0.25, 0.3) is 0 Å². The molecule has 4 heteroatoms. The van der Waals surface area contributed by atoms with Crippen molar-refractivity contribution < 1.29 is 0 Å². The highest BCUT2D eigenvalue weighted by molar-refractivity contribution is 7.99. The largest absolute Gasteiger partial charge is 0.313 e. The topological polar surface area (TPSA) is 24.9 Å². The summed E-state index contributed by atoms with van der Waals surface area (Å²) in [6.45, 7) is 5.47. The first kappa shape index (κ1) is 13.8. The fourth-order valence-electron chi connectivity index (χ4n) is 1.44. The van der Waals surface area contributed by atoms with E-state index in [1.165, 1.54) is 12.8 Å². The first-order valence-electron chi connectivity index (χ1n) is 5.70. The van der Waals surface area contributed by atoms with Crippen LogP contribution in [0.2, 0.25) is 5.02 Å². The summed E-state index contributed by atoms with van der Waals surface area (Å²) in [5, 5.41) is 5.22. The maximum Gasteiger partial charge on any atom is 0.0961 e. The van der Waals surface area contributed by atoms with Gasteiger partial charge in [-0.1, -0.05) is 24.9 Å². The zero-order valence-electron chi connectivity index (χ0n) is 9.87. The van der Waals surface area contributed by atoms with Crippen LogP contribution in [0.5, 0.6) is 0 Å². The predicted octanol–water partition coefficient (Wildman–Crippen LogP) is 3.61. The Hall–Kier alpha value is -0.250. The number of halogens is 1. The predicted molar refractivity (Wildman–Crippen MR) is 72.3 cm³/mol. The minimum Gasteiger partial charge on any atom is -0.313 e. The number of hydrogen-bond donors (Lipinski definition) is 1. The van der Waals surface area contributed by atoms with Crippen molar-refractivity contribution in [1.82, 2.24) is 10.3 Å². The Labute approximate surface area is 107 Å². The van der Waals surface area contributed by atoms with Crippen LogP contribution >= 0.6 is 23.4 Å². The Morgan fingerprint density at radius 2 is 2.31 bits per heavy atom. The molecule has 1 rings (SSSR count). The van der Waals surface area contributed by atoms with Gasteiger partial charge in [0.1, 0.15) is 0 Å². The van der Waals surface area contributed by atoms with Crippen molar-refractivity contribution >= 4 is 23.4 Å². The molecule has 0 saturated carbocycles. The summed E-state index contributed by atoms with van der Waals surface area (Å²) in [6, 6.07) is 4.45. The fraction of sp³-hybridized carbons (Fsp3) is 0.583. The normalized spacial score (nSPS) is 12.7. The SMILES string of the molecule is CCCC(C)NCCSc1ccc(Cl)cn1. The molecule has 1 unspecified atom stereocenters. The van der Waals surface area contributed by atoms with Crippen molar-refractivity contribution in [1.29, 1.82) is 0 Å². The van der Waals surface area contributed by atoms with Crippen LogP contribution in [0.15, 0.2) is 23.4 Å². The standard InChI is InChI=1S/C12H19ClN2S/c1-3-4-10(2)14-7-8-16-12-6-5-11(13)9-15-12/h5-6,9-10,14H,3-4,7-8H2,1-2H3. The van der Waals surface area contributed by atoms with Gasteiger partial charge in [-0.25, -0.2) is 4.98 Å². The second kappa shape index (κ2) is 7.93. The molecule has 0 aliphatic heterocycles. The second-order valence-corrected chi connectivity index (χ2v) is 5.36. The number of rotatable bonds is 7. The van der Waals surface area contributed by atoms with Gasteiger partial charge in [-0.05, 0) is 25.5 Å². The molecule has 1 aromatic rings. The van der Waals surface area contributed by atoms with Crippen LogP contribution < -0.4 is 5.32 Å². The molecule has 0 aromatic carbocycles. The summed E-state index contributed by atoms with van der Waals surface area (Å²) in [6.07, 6.45) is 4.17. The lowest BCUT2D eigenvalue weighted by Gasteiger charge is -2.11. The summed E-state index contributed by atoms with van der Waals surface area (Å²) in [5.74, 6) is 1.04. The van der Waals surface area contributed by atoms with Crippen LogP contribution in [-0.2, 0) is 0 Å².